The summed E-state index contributed by atoms with van der Waals surface area (Å²) in [5, 5.41) is 9.03. The van der Waals surface area contributed by atoms with Crippen molar-refractivity contribution in [1.82, 2.24) is 9.29 Å². The summed E-state index contributed by atoms with van der Waals surface area (Å²) >= 11 is 0. The highest BCUT2D eigenvalue weighted by molar-refractivity contribution is 7.89. The molecule has 21 heavy (non-hydrogen) atoms. The van der Waals surface area contributed by atoms with E-state index < -0.39 is 10.0 Å². The normalized spacial score (nSPS) is 18.4. The van der Waals surface area contributed by atoms with Crippen molar-refractivity contribution < 1.29 is 8.42 Å². The second kappa shape index (κ2) is 5.74. The van der Waals surface area contributed by atoms with Crippen molar-refractivity contribution in [2.75, 3.05) is 13.1 Å². The van der Waals surface area contributed by atoms with Gasteiger partial charge in [-0.3, -0.25) is 0 Å². The van der Waals surface area contributed by atoms with E-state index in [0.29, 0.717) is 19.0 Å². The monoisotopic (exact) mass is 307 g/mol. The Kier molecular flexibility index (Phi) is 4.35. The minimum absolute atomic E-state index is 0.0155. The standard InChI is InChI=1S/C15H21N3O2S/c1-15(2,3)12-6-9-18(10-7-12)21(19,20)14-5-4-8-17-13(14)11-16/h4-5,8,12H,6-7,9-10H2,1-3H3. The molecule has 2 heterocycles. The first kappa shape index (κ1) is 15.9. The third-order valence-electron chi connectivity index (χ3n) is 4.17. The highest BCUT2D eigenvalue weighted by Crippen LogP contribution is 2.35. The number of hydrogen-bond donors (Lipinski definition) is 0. The van der Waals surface area contributed by atoms with Crippen LogP contribution in [-0.4, -0.2) is 30.8 Å². The van der Waals surface area contributed by atoms with Crippen molar-refractivity contribution in [3.63, 3.8) is 0 Å². The molecule has 1 aromatic rings. The van der Waals surface area contributed by atoms with Gasteiger partial charge in [-0.05, 0) is 36.3 Å². The van der Waals surface area contributed by atoms with Gasteiger partial charge in [0.05, 0.1) is 0 Å². The van der Waals surface area contributed by atoms with E-state index in [0.717, 1.165) is 12.8 Å². The summed E-state index contributed by atoms with van der Waals surface area (Å²) < 4.78 is 26.8. The summed E-state index contributed by atoms with van der Waals surface area (Å²) in [6.07, 6.45) is 3.14. The van der Waals surface area contributed by atoms with Crippen LogP contribution in [-0.2, 0) is 10.0 Å². The number of pyridine rings is 1. The fourth-order valence-corrected chi connectivity index (χ4v) is 4.35. The largest absolute Gasteiger partial charge is 0.245 e. The Labute approximate surface area is 126 Å². The Morgan fingerprint density at radius 3 is 2.48 bits per heavy atom. The van der Waals surface area contributed by atoms with E-state index >= 15 is 0 Å². The molecule has 0 atom stereocenters. The summed E-state index contributed by atoms with van der Waals surface area (Å²) in [6.45, 7) is 7.58. The molecule has 1 aliphatic rings. The van der Waals surface area contributed by atoms with Crippen LogP contribution in [0.2, 0.25) is 0 Å². The maximum Gasteiger partial charge on any atom is 0.245 e. The van der Waals surface area contributed by atoms with Gasteiger partial charge in [-0.15, -0.1) is 0 Å². The topological polar surface area (TPSA) is 74.1 Å². The Morgan fingerprint density at radius 2 is 1.95 bits per heavy atom. The number of aromatic nitrogens is 1. The summed E-state index contributed by atoms with van der Waals surface area (Å²) in [5.41, 5.74) is 0.164. The first-order chi connectivity index (χ1) is 9.76. The number of rotatable bonds is 2. The van der Waals surface area contributed by atoms with E-state index in [2.05, 4.69) is 25.8 Å². The Balaban J connectivity index is 2.22. The summed E-state index contributed by atoms with van der Waals surface area (Å²) in [4.78, 5) is 3.86. The smallest absolute Gasteiger partial charge is 0.244 e. The number of nitriles is 1. The minimum atomic E-state index is -3.63. The maximum atomic E-state index is 12.7. The Hall–Kier alpha value is -1.45. The first-order valence-corrected chi connectivity index (χ1v) is 8.56. The molecule has 0 amide bonds. The van der Waals surface area contributed by atoms with Gasteiger partial charge in [0.25, 0.3) is 0 Å². The lowest BCUT2D eigenvalue weighted by Crippen LogP contribution is -2.41. The van der Waals surface area contributed by atoms with Crippen LogP contribution in [0.1, 0.15) is 39.3 Å². The first-order valence-electron chi connectivity index (χ1n) is 7.12. The SMILES string of the molecule is CC(C)(C)C1CCN(S(=O)(=O)c2cccnc2C#N)CC1. The van der Waals surface area contributed by atoms with Crippen LogP contribution in [0.3, 0.4) is 0 Å². The van der Waals surface area contributed by atoms with Crippen molar-refractivity contribution in [2.24, 2.45) is 11.3 Å². The van der Waals surface area contributed by atoms with Crippen molar-refractivity contribution in [2.45, 2.75) is 38.5 Å². The van der Waals surface area contributed by atoms with Gasteiger partial charge in [-0.1, -0.05) is 20.8 Å². The van der Waals surface area contributed by atoms with E-state index in [1.165, 1.54) is 16.6 Å². The van der Waals surface area contributed by atoms with Gasteiger partial charge < -0.3 is 0 Å². The number of sulfonamides is 1. The molecule has 0 bridgehead atoms. The minimum Gasteiger partial charge on any atom is -0.244 e. The predicted molar refractivity (Wildman–Crippen MR) is 79.9 cm³/mol. The average Bonchev–Trinajstić information content (AvgIpc) is 2.46. The van der Waals surface area contributed by atoms with E-state index in [1.807, 2.05) is 6.07 Å². The molecule has 0 saturated carbocycles. The average molecular weight is 307 g/mol. The van der Waals surface area contributed by atoms with Gasteiger partial charge in [0.15, 0.2) is 5.69 Å². The molecule has 0 aliphatic carbocycles. The van der Waals surface area contributed by atoms with E-state index in [1.54, 1.807) is 6.07 Å². The molecule has 5 nitrogen and oxygen atoms in total. The van der Waals surface area contributed by atoms with Crippen LogP contribution in [0.15, 0.2) is 23.2 Å². The quantitative estimate of drug-likeness (QED) is 0.841. The molecular formula is C15H21N3O2S. The van der Waals surface area contributed by atoms with Gasteiger partial charge in [-0.2, -0.15) is 9.57 Å². The summed E-state index contributed by atoms with van der Waals surface area (Å²) in [6, 6.07) is 4.86. The molecule has 1 aromatic heterocycles. The lowest BCUT2D eigenvalue weighted by Gasteiger charge is -2.38. The molecule has 1 saturated heterocycles. The lowest BCUT2D eigenvalue weighted by atomic mass is 9.76. The van der Waals surface area contributed by atoms with Crippen LogP contribution in [0.25, 0.3) is 0 Å². The zero-order valence-electron chi connectivity index (χ0n) is 12.7. The molecule has 1 aliphatic heterocycles. The second-order valence-corrected chi connectivity index (χ2v) is 8.41. The summed E-state index contributed by atoms with van der Waals surface area (Å²) in [7, 11) is -3.63. The van der Waals surface area contributed by atoms with Crippen LogP contribution in [0.4, 0.5) is 0 Å². The molecule has 0 spiro atoms. The third-order valence-corrected chi connectivity index (χ3v) is 6.10. The molecule has 0 radical (unpaired) electrons. The zero-order valence-corrected chi connectivity index (χ0v) is 13.5. The molecular weight excluding hydrogens is 286 g/mol. The molecule has 2 rings (SSSR count). The van der Waals surface area contributed by atoms with Crippen LogP contribution in [0.5, 0.6) is 0 Å². The van der Waals surface area contributed by atoms with Crippen LogP contribution < -0.4 is 0 Å². The van der Waals surface area contributed by atoms with Crippen molar-refractivity contribution in [3.05, 3.63) is 24.0 Å². The third kappa shape index (κ3) is 3.25. The van der Waals surface area contributed by atoms with E-state index in [9.17, 15) is 8.42 Å². The van der Waals surface area contributed by atoms with Gasteiger partial charge >= 0.3 is 0 Å². The number of nitrogens with zero attached hydrogens (tertiary/aromatic N) is 3. The predicted octanol–water partition coefficient (Wildman–Crippen LogP) is 2.40. The van der Waals surface area contributed by atoms with Gasteiger partial charge in [0, 0.05) is 19.3 Å². The number of hydrogen-bond acceptors (Lipinski definition) is 4. The fraction of sp³-hybridized carbons (Fsp3) is 0.600. The lowest BCUT2D eigenvalue weighted by molar-refractivity contribution is 0.154. The van der Waals surface area contributed by atoms with Crippen molar-refractivity contribution >= 4 is 10.0 Å². The molecule has 0 N–H and O–H groups in total. The molecule has 0 unspecified atom stereocenters. The van der Waals surface area contributed by atoms with E-state index in [4.69, 9.17) is 5.26 Å². The number of piperidine rings is 1. The molecule has 6 heteroatoms. The van der Waals surface area contributed by atoms with Gasteiger partial charge in [-0.25, -0.2) is 13.4 Å². The Bertz CT molecular complexity index is 648. The highest BCUT2D eigenvalue weighted by atomic mass is 32.2. The van der Waals surface area contributed by atoms with Crippen molar-refractivity contribution in [1.29, 1.82) is 5.26 Å². The fourth-order valence-electron chi connectivity index (χ4n) is 2.78. The molecule has 1 fully saturated rings. The molecule has 114 valence electrons. The highest BCUT2D eigenvalue weighted by Gasteiger charge is 2.35. The Morgan fingerprint density at radius 1 is 1.33 bits per heavy atom. The van der Waals surface area contributed by atoms with Crippen molar-refractivity contribution in [3.8, 4) is 6.07 Å². The van der Waals surface area contributed by atoms with Crippen LogP contribution in [0, 0.1) is 22.7 Å². The van der Waals surface area contributed by atoms with Crippen LogP contribution >= 0.6 is 0 Å². The van der Waals surface area contributed by atoms with Gasteiger partial charge in [0.1, 0.15) is 11.0 Å². The van der Waals surface area contributed by atoms with Gasteiger partial charge in [0.2, 0.25) is 10.0 Å². The summed E-state index contributed by atoms with van der Waals surface area (Å²) in [5.74, 6) is 0.522. The second-order valence-electron chi connectivity index (χ2n) is 6.51. The zero-order chi connectivity index (χ0) is 15.7. The maximum absolute atomic E-state index is 12.7. The molecule has 0 aromatic carbocycles. The van der Waals surface area contributed by atoms with E-state index in [-0.39, 0.29) is 16.0 Å².